The molecule has 0 bridgehead atoms. The fourth-order valence-electron chi connectivity index (χ4n) is 1.28. The van der Waals surface area contributed by atoms with Crippen LogP contribution < -0.4 is 0 Å². The van der Waals surface area contributed by atoms with E-state index in [0.717, 1.165) is 17.0 Å². The quantitative estimate of drug-likeness (QED) is 0.737. The van der Waals surface area contributed by atoms with E-state index < -0.39 is 0 Å². The number of nitrogens with one attached hydrogen (secondary N) is 1. The molecule has 2 rings (SSSR count). The maximum atomic E-state index is 4.25. The Morgan fingerprint density at radius 2 is 2.23 bits per heavy atom. The molecule has 0 aliphatic heterocycles. The maximum absolute atomic E-state index is 4.25. The van der Waals surface area contributed by atoms with E-state index in [9.17, 15) is 0 Å². The molecule has 0 aliphatic carbocycles. The fraction of sp³-hybridized carbons (Fsp3) is 0. The SMILES string of the molecule is C=Cc1cc[nH]c1-c1ccccn1. The van der Waals surface area contributed by atoms with Crippen molar-refractivity contribution in [2.75, 3.05) is 0 Å². The molecule has 0 radical (unpaired) electrons. The maximum Gasteiger partial charge on any atom is 0.0870 e. The van der Waals surface area contributed by atoms with Crippen LogP contribution in [0.15, 0.2) is 43.2 Å². The second kappa shape index (κ2) is 3.27. The Morgan fingerprint density at radius 1 is 1.31 bits per heavy atom. The number of hydrogen-bond donors (Lipinski definition) is 1. The van der Waals surface area contributed by atoms with Crippen LogP contribution in [0, 0.1) is 0 Å². The first-order valence-corrected chi connectivity index (χ1v) is 4.13. The van der Waals surface area contributed by atoms with Crippen LogP contribution in [0.2, 0.25) is 0 Å². The van der Waals surface area contributed by atoms with E-state index in [1.54, 1.807) is 6.20 Å². The lowest BCUT2D eigenvalue weighted by atomic mass is 10.2. The number of hydrogen-bond acceptors (Lipinski definition) is 1. The van der Waals surface area contributed by atoms with E-state index in [2.05, 4.69) is 16.5 Å². The molecule has 0 aromatic carbocycles. The molecule has 0 unspecified atom stereocenters. The van der Waals surface area contributed by atoms with Gasteiger partial charge in [0, 0.05) is 18.0 Å². The number of H-pyrrole nitrogens is 1. The van der Waals surface area contributed by atoms with E-state index in [1.807, 2.05) is 36.5 Å². The summed E-state index contributed by atoms with van der Waals surface area (Å²) in [5, 5.41) is 0. The minimum atomic E-state index is 0.947. The van der Waals surface area contributed by atoms with Gasteiger partial charge in [0.25, 0.3) is 0 Å². The summed E-state index contributed by atoms with van der Waals surface area (Å²) in [5.41, 5.74) is 3.05. The summed E-state index contributed by atoms with van der Waals surface area (Å²) in [7, 11) is 0. The number of nitrogens with zero attached hydrogens (tertiary/aromatic N) is 1. The van der Waals surface area contributed by atoms with Gasteiger partial charge in [-0.15, -0.1) is 0 Å². The number of aromatic amines is 1. The van der Waals surface area contributed by atoms with Gasteiger partial charge in [0.15, 0.2) is 0 Å². The number of aromatic nitrogens is 2. The van der Waals surface area contributed by atoms with E-state index in [-0.39, 0.29) is 0 Å². The van der Waals surface area contributed by atoms with Crippen LogP contribution >= 0.6 is 0 Å². The summed E-state index contributed by atoms with van der Waals surface area (Å²) < 4.78 is 0. The number of pyridine rings is 1. The Bertz CT molecular complexity index is 401. The zero-order valence-electron chi connectivity index (χ0n) is 7.20. The molecule has 13 heavy (non-hydrogen) atoms. The zero-order chi connectivity index (χ0) is 9.10. The predicted molar refractivity (Wildman–Crippen MR) is 54.1 cm³/mol. The molecule has 2 heteroatoms. The van der Waals surface area contributed by atoms with E-state index in [4.69, 9.17) is 0 Å². The van der Waals surface area contributed by atoms with Gasteiger partial charge >= 0.3 is 0 Å². The molecule has 2 aromatic heterocycles. The molecule has 1 N–H and O–H groups in total. The highest BCUT2D eigenvalue weighted by Crippen LogP contribution is 2.19. The summed E-state index contributed by atoms with van der Waals surface area (Å²) in [6, 6.07) is 7.83. The largest absolute Gasteiger partial charge is 0.359 e. The first kappa shape index (κ1) is 7.80. The van der Waals surface area contributed by atoms with Gasteiger partial charge in [0.1, 0.15) is 0 Å². The molecule has 2 aromatic rings. The highest BCUT2D eigenvalue weighted by atomic mass is 14.8. The van der Waals surface area contributed by atoms with Gasteiger partial charge in [0.05, 0.1) is 11.4 Å². The molecular weight excluding hydrogens is 160 g/mol. The van der Waals surface area contributed by atoms with Crippen LogP contribution in [0.1, 0.15) is 5.56 Å². The Kier molecular flexibility index (Phi) is 1.96. The van der Waals surface area contributed by atoms with Crippen molar-refractivity contribution in [1.82, 2.24) is 9.97 Å². The van der Waals surface area contributed by atoms with Crippen LogP contribution in [0.5, 0.6) is 0 Å². The zero-order valence-corrected chi connectivity index (χ0v) is 7.20. The molecular formula is C11H10N2. The van der Waals surface area contributed by atoms with Gasteiger partial charge in [0.2, 0.25) is 0 Å². The third kappa shape index (κ3) is 1.38. The molecule has 0 fully saturated rings. The fourth-order valence-corrected chi connectivity index (χ4v) is 1.28. The molecule has 0 aliphatic rings. The molecule has 0 atom stereocenters. The topological polar surface area (TPSA) is 28.7 Å². The van der Waals surface area contributed by atoms with Crippen LogP contribution in [0.4, 0.5) is 0 Å². The van der Waals surface area contributed by atoms with Crippen LogP contribution in [0.3, 0.4) is 0 Å². The van der Waals surface area contributed by atoms with E-state index >= 15 is 0 Å². The first-order chi connectivity index (χ1) is 6.42. The average Bonchev–Trinajstić information content (AvgIpc) is 2.67. The molecule has 2 nitrogen and oxygen atoms in total. The van der Waals surface area contributed by atoms with Crippen molar-refractivity contribution in [3.63, 3.8) is 0 Å². The highest BCUT2D eigenvalue weighted by molar-refractivity contribution is 5.68. The minimum absolute atomic E-state index is 0.947. The van der Waals surface area contributed by atoms with Gasteiger partial charge < -0.3 is 4.98 Å². The molecule has 0 amide bonds. The smallest absolute Gasteiger partial charge is 0.0870 e. The molecule has 0 spiro atoms. The van der Waals surface area contributed by atoms with Crippen molar-refractivity contribution in [1.29, 1.82) is 0 Å². The Labute approximate surface area is 77.0 Å². The lowest BCUT2D eigenvalue weighted by molar-refractivity contribution is 1.28. The van der Waals surface area contributed by atoms with Crippen LogP contribution in [0.25, 0.3) is 17.5 Å². The van der Waals surface area contributed by atoms with Crippen molar-refractivity contribution < 1.29 is 0 Å². The standard InChI is InChI=1S/C11H10N2/c1-2-9-6-8-13-11(9)10-5-3-4-7-12-10/h2-8,13H,1H2. The van der Waals surface area contributed by atoms with Crippen molar-refractivity contribution in [2.45, 2.75) is 0 Å². The normalized spacial score (nSPS) is 9.85. The van der Waals surface area contributed by atoms with Crippen molar-refractivity contribution in [3.8, 4) is 11.4 Å². The van der Waals surface area contributed by atoms with Crippen molar-refractivity contribution in [2.24, 2.45) is 0 Å². The summed E-state index contributed by atoms with van der Waals surface area (Å²) in [4.78, 5) is 7.39. The Morgan fingerprint density at radius 3 is 2.92 bits per heavy atom. The summed E-state index contributed by atoms with van der Waals surface area (Å²) in [5.74, 6) is 0. The van der Waals surface area contributed by atoms with Gasteiger partial charge in [-0.05, 0) is 18.2 Å². The summed E-state index contributed by atoms with van der Waals surface area (Å²) in [6.45, 7) is 3.74. The van der Waals surface area contributed by atoms with Gasteiger partial charge in [-0.1, -0.05) is 18.7 Å². The monoisotopic (exact) mass is 170 g/mol. The average molecular weight is 170 g/mol. The predicted octanol–water partition coefficient (Wildman–Crippen LogP) is 2.72. The van der Waals surface area contributed by atoms with Crippen LogP contribution in [-0.2, 0) is 0 Å². The lowest BCUT2D eigenvalue weighted by Crippen LogP contribution is -1.83. The van der Waals surface area contributed by atoms with Gasteiger partial charge in [-0.25, -0.2) is 0 Å². The first-order valence-electron chi connectivity index (χ1n) is 4.13. The second-order valence-corrected chi connectivity index (χ2v) is 2.73. The Hall–Kier alpha value is -1.83. The van der Waals surface area contributed by atoms with Gasteiger partial charge in [-0.2, -0.15) is 0 Å². The van der Waals surface area contributed by atoms with Crippen molar-refractivity contribution in [3.05, 3.63) is 48.8 Å². The molecule has 2 heterocycles. The minimum Gasteiger partial charge on any atom is -0.359 e. The third-order valence-electron chi connectivity index (χ3n) is 1.92. The Balaban J connectivity index is 2.52. The highest BCUT2D eigenvalue weighted by Gasteiger charge is 2.02. The lowest BCUT2D eigenvalue weighted by Gasteiger charge is -1.97. The van der Waals surface area contributed by atoms with E-state index in [0.29, 0.717) is 0 Å². The summed E-state index contributed by atoms with van der Waals surface area (Å²) >= 11 is 0. The summed E-state index contributed by atoms with van der Waals surface area (Å²) in [6.07, 6.45) is 5.49. The molecule has 0 saturated carbocycles. The number of rotatable bonds is 2. The molecule has 64 valence electrons. The van der Waals surface area contributed by atoms with E-state index in [1.165, 1.54) is 0 Å². The third-order valence-corrected chi connectivity index (χ3v) is 1.92. The molecule has 0 saturated heterocycles. The second-order valence-electron chi connectivity index (χ2n) is 2.73. The van der Waals surface area contributed by atoms with Crippen molar-refractivity contribution >= 4 is 6.08 Å². The van der Waals surface area contributed by atoms with Gasteiger partial charge in [-0.3, -0.25) is 4.98 Å². The van der Waals surface area contributed by atoms with Crippen LogP contribution in [-0.4, -0.2) is 9.97 Å².